The first-order valence-corrected chi connectivity index (χ1v) is 8.99. The van der Waals surface area contributed by atoms with E-state index in [9.17, 15) is 13.6 Å². The van der Waals surface area contributed by atoms with Gasteiger partial charge in [-0.1, -0.05) is 0 Å². The highest BCUT2D eigenvalue weighted by Crippen LogP contribution is 2.55. The number of hydrogen-bond donors (Lipinski definition) is 0. The SMILES string of the molecule is O=C([C@H]1CC(CCl)C2CCC21)N1N=CCC1c1cc(F)cc(F)c1. The van der Waals surface area contributed by atoms with Gasteiger partial charge in [0.15, 0.2) is 0 Å². The number of fused-ring (bicyclic) bond motifs is 1. The van der Waals surface area contributed by atoms with Crippen molar-refractivity contribution in [2.24, 2.45) is 28.8 Å². The van der Waals surface area contributed by atoms with Gasteiger partial charge in [0.1, 0.15) is 11.6 Å². The van der Waals surface area contributed by atoms with Gasteiger partial charge in [0, 0.05) is 30.5 Å². The molecule has 2 aliphatic carbocycles. The summed E-state index contributed by atoms with van der Waals surface area (Å²) in [6.07, 6.45) is 5.14. The van der Waals surface area contributed by atoms with Crippen LogP contribution in [0.25, 0.3) is 0 Å². The fourth-order valence-electron chi connectivity index (χ4n) is 4.61. The number of carbonyl (C=O) groups is 1. The maximum absolute atomic E-state index is 13.5. The van der Waals surface area contributed by atoms with E-state index in [2.05, 4.69) is 5.10 Å². The molecule has 0 radical (unpaired) electrons. The van der Waals surface area contributed by atoms with E-state index in [-0.39, 0.29) is 11.8 Å². The van der Waals surface area contributed by atoms with Gasteiger partial charge in [0.05, 0.1) is 6.04 Å². The molecule has 128 valence electrons. The monoisotopic (exact) mass is 352 g/mol. The highest BCUT2D eigenvalue weighted by molar-refractivity contribution is 6.18. The number of amides is 1. The topological polar surface area (TPSA) is 32.7 Å². The zero-order valence-corrected chi connectivity index (χ0v) is 13.9. The minimum atomic E-state index is -0.633. The predicted molar refractivity (Wildman–Crippen MR) is 87.6 cm³/mol. The molecule has 4 unspecified atom stereocenters. The summed E-state index contributed by atoms with van der Waals surface area (Å²) in [6.45, 7) is 0. The van der Waals surface area contributed by atoms with Gasteiger partial charge in [-0.05, 0) is 54.7 Å². The van der Waals surface area contributed by atoms with Gasteiger partial charge < -0.3 is 0 Å². The molecular formula is C18H19ClF2N2O. The van der Waals surface area contributed by atoms with Crippen LogP contribution >= 0.6 is 11.6 Å². The summed E-state index contributed by atoms with van der Waals surface area (Å²) in [5.74, 6) is 0.570. The summed E-state index contributed by atoms with van der Waals surface area (Å²) in [7, 11) is 0. The van der Waals surface area contributed by atoms with Crippen LogP contribution in [-0.4, -0.2) is 23.0 Å². The van der Waals surface area contributed by atoms with Crippen molar-refractivity contribution in [1.29, 1.82) is 0 Å². The van der Waals surface area contributed by atoms with E-state index in [1.165, 1.54) is 17.1 Å². The lowest BCUT2D eigenvalue weighted by atomic mass is 9.70. The van der Waals surface area contributed by atoms with Crippen LogP contribution in [0.4, 0.5) is 8.78 Å². The molecule has 0 aromatic heterocycles. The number of hydrogen-bond acceptors (Lipinski definition) is 2. The van der Waals surface area contributed by atoms with Gasteiger partial charge in [-0.3, -0.25) is 4.79 Å². The summed E-state index contributed by atoms with van der Waals surface area (Å²) in [4.78, 5) is 13.0. The van der Waals surface area contributed by atoms with Gasteiger partial charge in [-0.25, -0.2) is 13.8 Å². The molecule has 0 spiro atoms. The molecule has 0 bridgehead atoms. The Bertz CT molecular complexity index is 673. The predicted octanol–water partition coefficient (Wildman–Crippen LogP) is 4.13. The molecule has 2 saturated carbocycles. The summed E-state index contributed by atoms with van der Waals surface area (Å²) in [6, 6.07) is 2.99. The minimum absolute atomic E-state index is 0.0271. The Morgan fingerprint density at radius 1 is 1.21 bits per heavy atom. The maximum atomic E-state index is 13.5. The molecule has 1 heterocycles. The number of benzene rings is 1. The molecular weight excluding hydrogens is 334 g/mol. The number of hydrazone groups is 1. The Labute approximate surface area is 144 Å². The second-order valence-electron chi connectivity index (χ2n) is 7.10. The van der Waals surface area contributed by atoms with Crippen LogP contribution < -0.4 is 0 Å². The van der Waals surface area contributed by atoms with E-state index in [1.807, 2.05) is 0 Å². The molecule has 1 aromatic carbocycles. The lowest BCUT2D eigenvalue weighted by molar-refractivity contribution is -0.139. The van der Waals surface area contributed by atoms with Crippen molar-refractivity contribution in [2.45, 2.75) is 31.7 Å². The summed E-state index contributed by atoms with van der Waals surface area (Å²) in [5.41, 5.74) is 0.454. The molecule has 6 heteroatoms. The zero-order chi connectivity index (χ0) is 16.8. The quantitative estimate of drug-likeness (QED) is 0.753. The molecule has 2 fully saturated rings. The number of halogens is 3. The van der Waals surface area contributed by atoms with Crippen molar-refractivity contribution >= 4 is 23.7 Å². The molecule has 1 amide bonds. The normalized spacial score (nSPS) is 34.3. The zero-order valence-electron chi connectivity index (χ0n) is 13.2. The smallest absolute Gasteiger partial charge is 0.246 e. The summed E-state index contributed by atoms with van der Waals surface area (Å²) < 4.78 is 27.1. The Morgan fingerprint density at radius 3 is 2.50 bits per heavy atom. The molecule has 4 rings (SSSR count). The largest absolute Gasteiger partial charge is 0.273 e. The van der Waals surface area contributed by atoms with Crippen LogP contribution in [0.3, 0.4) is 0 Å². The number of nitrogens with zero attached hydrogens (tertiary/aromatic N) is 2. The second kappa shape index (κ2) is 6.10. The Balaban J connectivity index is 1.56. The first-order valence-electron chi connectivity index (χ1n) is 8.46. The van der Waals surface area contributed by atoms with E-state index < -0.39 is 17.7 Å². The van der Waals surface area contributed by atoms with Gasteiger partial charge in [0.25, 0.3) is 0 Å². The van der Waals surface area contributed by atoms with Crippen molar-refractivity contribution in [2.75, 3.05) is 5.88 Å². The van der Waals surface area contributed by atoms with Gasteiger partial charge in [0.2, 0.25) is 5.91 Å². The van der Waals surface area contributed by atoms with Crippen LogP contribution in [0, 0.1) is 35.3 Å². The van der Waals surface area contributed by atoms with Crippen LogP contribution in [0.2, 0.25) is 0 Å². The second-order valence-corrected chi connectivity index (χ2v) is 7.41. The van der Waals surface area contributed by atoms with Crippen LogP contribution in [0.15, 0.2) is 23.3 Å². The third kappa shape index (κ3) is 2.53. The highest BCUT2D eigenvalue weighted by Gasteiger charge is 2.52. The standard InChI is InChI=1S/C18H19ClF2N2O/c19-9-11-7-16(15-2-1-14(11)15)18(24)23-17(3-4-22-23)10-5-12(20)8-13(21)6-10/h4-6,8,11,14-17H,1-3,7,9H2/t11?,14?,15?,16-,17?/m0/s1. The van der Waals surface area contributed by atoms with Gasteiger partial charge in [-0.15, -0.1) is 11.6 Å². The van der Waals surface area contributed by atoms with E-state index in [1.54, 1.807) is 6.21 Å². The third-order valence-electron chi connectivity index (χ3n) is 5.90. The van der Waals surface area contributed by atoms with E-state index in [4.69, 9.17) is 11.6 Å². The fraction of sp³-hybridized carbons (Fsp3) is 0.556. The first-order chi connectivity index (χ1) is 11.6. The molecule has 3 nitrogen and oxygen atoms in total. The summed E-state index contributed by atoms with van der Waals surface area (Å²) in [5, 5.41) is 5.65. The lowest BCUT2D eigenvalue weighted by Crippen LogP contribution is -2.38. The van der Waals surface area contributed by atoms with Gasteiger partial charge in [-0.2, -0.15) is 5.10 Å². The lowest BCUT2D eigenvalue weighted by Gasteiger charge is -2.36. The average Bonchev–Trinajstić information content (AvgIpc) is 3.08. The van der Waals surface area contributed by atoms with Crippen LogP contribution in [0.5, 0.6) is 0 Å². The fourth-order valence-corrected chi connectivity index (χ4v) is 4.97. The molecule has 1 aromatic rings. The average molecular weight is 353 g/mol. The molecule has 3 aliphatic rings. The Hall–Kier alpha value is -1.49. The third-order valence-corrected chi connectivity index (χ3v) is 6.30. The van der Waals surface area contributed by atoms with Crippen molar-refractivity contribution in [1.82, 2.24) is 5.01 Å². The molecule has 5 atom stereocenters. The molecule has 1 aliphatic heterocycles. The number of alkyl halides is 1. The van der Waals surface area contributed by atoms with Crippen LogP contribution in [-0.2, 0) is 4.79 Å². The minimum Gasteiger partial charge on any atom is -0.273 e. The van der Waals surface area contributed by atoms with Crippen molar-refractivity contribution in [3.05, 3.63) is 35.4 Å². The van der Waals surface area contributed by atoms with Crippen molar-refractivity contribution in [3.63, 3.8) is 0 Å². The molecule has 24 heavy (non-hydrogen) atoms. The van der Waals surface area contributed by atoms with E-state index in [0.29, 0.717) is 35.6 Å². The van der Waals surface area contributed by atoms with E-state index >= 15 is 0 Å². The highest BCUT2D eigenvalue weighted by atomic mass is 35.5. The maximum Gasteiger partial charge on any atom is 0.246 e. The van der Waals surface area contributed by atoms with E-state index in [0.717, 1.165) is 25.3 Å². The van der Waals surface area contributed by atoms with Crippen molar-refractivity contribution < 1.29 is 13.6 Å². The number of rotatable bonds is 3. The first kappa shape index (κ1) is 16.0. The molecule has 0 N–H and O–H groups in total. The molecule has 0 saturated heterocycles. The van der Waals surface area contributed by atoms with Gasteiger partial charge >= 0.3 is 0 Å². The Kier molecular flexibility index (Phi) is 4.07. The number of carbonyl (C=O) groups excluding carboxylic acids is 1. The summed E-state index contributed by atoms with van der Waals surface area (Å²) >= 11 is 6.05. The van der Waals surface area contributed by atoms with Crippen LogP contribution in [0.1, 0.15) is 37.3 Å². The van der Waals surface area contributed by atoms with Crippen molar-refractivity contribution in [3.8, 4) is 0 Å². The Morgan fingerprint density at radius 2 is 1.92 bits per heavy atom.